The van der Waals surface area contributed by atoms with E-state index in [1.807, 2.05) is 24.3 Å². The Balaban J connectivity index is 1.64. The number of carbonyl (C=O) groups excluding carboxylic acids is 2. The Labute approximate surface area is 190 Å². The smallest absolute Gasteiger partial charge is 0.335 e. The van der Waals surface area contributed by atoms with Gasteiger partial charge in [-0.1, -0.05) is 36.4 Å². The molecule has 1 aromatic heterocycles. The van der Waals surface area contributed by atoms with Crippen LogP contribution in [0.2, 0.25) is 0 Å². The molecule has 5 rings (SSSR count). The Morgan fingerprint density at radius 1 is 1.03 bits per heavy atom. The molecule has 2 N–H and O–H groups in total. The maximum Gasteiger partial charge on any atom is 0.335 e. The van der Waals surface area contributed by atoms with Crippen LogP contribution < -0.4 is 4.90 Å². The Morgan fingerprint density at radius 2 is 1.82 bits per heavy atom. The summed E-state index contributed by atoms with van der Waals surface area (Å²) in [6.07, 6.45) is 3.26. The van der Waals surface area contributed by atoms with Crippen LogP contribution in [0.1, 0.15) is 42.3 Å². The summed E-state index contributed by atoms with van der Waals surface area (Å²) in [6.45, 7) is 0. The van der Waals surface area contributed by atoms with Crippen LogP contribution in [-0.2, 0) is 0 Å². The lowest BCUT2D eigenvalue weighted by Gasteiger charge is -2.17. The largest absolute Gasteiger partial charge is 0.478 e. The number of fused-ring (bicyclic) bond motifs is 2. The highest BCUT2D eigenvalue weighted by Gasteiger charge is 2.42. The highest BCUT2D eigenvalue weighted by Crippen LogP contribution is 2.36. The van der Waals surface area contributed by atoms with Gasteiger partial charge in [0.1, 0.15) is 5.56 Å². The van der Waals surface area contributed by atoms with Crippen molar-refractivity contribution < 1.29 is 24.4 Å². The number of rotatable bonds is 5. The summed E-state index contributed by atoms with van der Waals surface area (Å²) in [6, 6.07) is 15.2. The van der Waals surface area contributed by atoms with Gasteiger partial charge in [0, 0.05) is 11.5 Å². The van der Waals surface area contributed by atoms with Gasteiger partial charge in [0.15, 0.2) is 0 Å². The Kier molecular flexibility index (Phi) is 4.75. The van der Waals surface area contributed by atoms with E-state index in [1.165, 1.54) is 30.3 Å². The number of hydrogen-bond donors (Lipinski definition) is 2. The SMILES string of the molecule is O=C(O)c1ccc(C=Cc2n[nH]c3ccccc23)c(N2C(=O)c3cccc([N+](=O)[O-])c3C2=O)c1. The number of aromatic carboxylic acids is 1. The molecule has 0 fully saturated rings. The van der Waals surface area contributed by atoms with Gasteiger partial charge in [-0.25, -0.2) is 9.69 Å². The summed E-state index contributed by atoms with van der Waals surface area (Å²) in [5, 5.41) is 28.9. The molecule has 0 spiro atoms. The first-order valence-corrected chi connectivity index (χ1v) is 10.0. The molecule has 166 valence electrons. The molecule has 10 nitrogen and oxygen atoms in total. The average molecular weight is 454 g/mol. The van der Waals surface area contributed by atoms with Crippen LogP contribution in [0.4, 0.5) is 11.4 Å². The number of nitrogens with one attached hydrogen (secondary N) is 1. The summed E-state index contributed by atoms with van der Waals surface area (Å²) in [5.41, 5.74) is 0.680. The number of aromatic amines is 1. The highest BCUT2D eigenvalue weighted by molar-refractivity contribution is 6.36. The minimum atomic E-state index is -1.25. The van der Waals surface area contributed by atoms with Gasteiger partial charge < -0.3 is 5.11 Å². The molecule has 10 heteroatoms. The molecular formula is C24H14N4O6. The minimum Gasteiger partial charge on any atom is -0.478 e. The van der Waals surface area contributed by atoms with Gasteiger partial charge in [-0.05, 0) is 35.9 Å². The maximum atomic E-state index is 13.2. The number of nitrogens with zero attached hydrogens (tertiary/aromatic N) is 3. The van der Waals surface area contributed by atoms with Crippen LogP contribution >= 0.6 is 0 Å². The number of carbonyl (C=O) groups is 3. The van der Waals surface area contributed by atoms with Crippen LogP contribution in [0, 0.1) is 10.1 Å². The van der Waals surface area contributed by atoms with E-state index in [4.69, 9.17) is 0 Å². The second kappa shape index (κ2) is 7.78. The molecule has 1 aliphatic rings. The number of aromatic nitrogens is 2. The number of H-pyrrole nitrogens is 1. The van der Waals surface area contributed by atoms with Gasteiger partial charge in [0.05, 0.1) is 32.9 Å². The van der Waals surface area contributed by atoms with Crippen LogP contribution in [0.5, 0.6) is 0 Å². The van der Waals surface area contributed by atoms with E-state index in [9.17, 15) is 29.6 Å². The van der Waals surface area contributed by atoms with E-state index in [-0.39, 0.29) is 22.4 Å². The highest BCUT2D eigenvalue weighted by atomic mass is 16.6. The minimum absolute atomic E-state index is 0.00325. The summed E-state index contributed by atoms with van der Waals surface area (Å²) < 4.78 is 0. The molecule has 0 saturated heterocycles. The first-order chi connectivity index (χ1) is 16.4. The van der Waals surface area contributed by atoms with Crippen molar-refractivity contribution in [3.63, 3.8) is 0 Å². The molecule has 2 amide bonds. The van der Waals surface area contributed by atoms with E-state index in [2.05, 4.69) is 10.2 Å². The second-order valence-electron chi connectivity index (χ2n) is 7.47. The molecule has 0 aliphatic carbocycles. The molecule has 3 aromatic carbocycles. The van der Waals surface area contributed by atoms with E-state index in [0.29, 0.717) is 11.3 Å². The third-order valence-electron chi connectivity index (χ3n) is 5.53. The number of anilines is 1. The van der Waals surface area contributed by atoms with E-state index in [1.54, 1.807) is 12.2 Å². The molecule has 0 atom stereocenters. The third-order valence-corrected chi connectivity index (χ3v) is 5.53. The Hall–Kier alpha value is -5.12. The van der Waals surface area contributed by atoms with Crippen LogP contribution in [0.25, 0.3) is 23.1 Å². The number of benzene rings is 3. The fourth-order valence-electron chi connectivity index (χ4n) is 3.93. The van der Waals surface area contributed by atoms with E-state index in [0.717, 1.165) is 21.9 Å². The summed E-state index contributed by atoms with van der Waals surface area (Å²) in [7, 11) is 0. The number of amides is 2. The molecule has 0 radical (unpaired) electrons. The van der Waals surface area contributed by atoms with Gasteiger partial charge in [-0.15, -0.1) is 0 Å². The van der Waals surface area contributed by atoms with Gasteiger partial charge >= 0.3 is 5.97 Å². The normalized spacial score (nSPS) is 13.1. The predicted molar refractivity (Wildman–Crippen MR) is 123 cm³/mol. The molecule has 1 aliphatic heterocycles. The zero-order valence-electron chi connectivity index (χ0n) is 17.3. The van der Waals surface area contributed by atoms with Crippen molar-refractivity contribution in [3.05, 3.63) is 98.7 Å². The van der Waals surface area contributed by atoms with Crippen molar-refractivity contribution in [1.29, 1.82) is 0 Å². The third kappa shape index (κ3) is 3.21. The number of carboxylic acid groups (broad SMARTS) is 1. The molecule has 0 bridgehead atoms. The van der Waals surface area contributed by atoms with Crippen molar-refractivity contribution >= 4 is 52.2 Å². The van der Waals surface area contributed by atoms with Crippen molar-refractivity contribution in [3.8, 4) is 0 Å². The number of hydrogen-bond acceptors (Lipinski definition) is 6. The van der Waals surface area contributed by atoms with Crippen LogP contribution in [0.15, 0.2) is 60.7 Å². The lowest BCUT2D eigenvalue weighted by Crippen LogP contribution is -2.30. The van der Waals surface area contributed by atoms with Crippen molar-refractivity contribution in [2.24, 2.45) is 0 Å². The fraction of sp³-hybridized carbons (Fsp3) is 0. The lowest BCUT2D eigenvalue weighted by molar-refractivity contribution is -0.385. The van der Waals surface area contributed by atoms with Crippen molar-refractivity contribution in [1.82, 2.24) is 10.2 Å². The van der Waals surface area contributed by atoms with E-state index < -0.39 is 28.4 Å². The standard InChI is InChI=1S/C24H14N4O6/c29-22-16-5-3-7-19(28(33)34)21(16)23(30)27(22)20-12-14(24(31)32)9-8-13(20)10-11-18-15-4-1-2-6-17(15)25-26-18/h1-12H,(H,25,26)(H,31,32). The average Bonchev–Trinajstić information content (AvgIpc) is 3.36. The lowest BCUT2D eigenvalue weighted by atomic mass is 10.1. The van der Waals surface area contributed by atoms with Crippen molar-refractivity contribution in [2.45, 2.75) is 0 Å². The number of para-hydroxylation sites is 1. The fourth-order valence-corrected chi connectivity index (χ4v) is 3.93. The first kappa shape index (κ1) is 20.8. The quantitative estimate of drug-likeness (QED) is 0.262. The van der Waals surface area contributed by atoms with Gasteiger partial charge in [0.25, 0.3) is 17.5 Å². The predicted octanol–water partition coefficient (Wildman–Crippen LogP) is 4.14. The maximum absolute atomic E-state index is 13.2. The zero-order valence-corrected chi connectivity index (χ0v) is 17.3. The molecule has 0 saturated carbocycles. The molecule has 4 aromatic rings. The Bertz CT molecular complexity index is 1570. The molecule has 0 unspecified atom stereocenters. The monoisotopic (exact) mass is 454 g/mol. The van der Waals surface area contributed by atoms with Crippen molar-refractivity contribution in [2.75, 3.05) is 4.90 Å². The van der Waals surface area contributed by atoms with Crippen LogP contribution in [-0.4, -0.2) is 38.0 Å². The number of imide groups is 1. The second-order valence-corrected chi connectivity index (χ2v) is 7.47. The van der Waals surface area contributed by atoms with Crippen LogP contribution in [0.3, 0.4) is 0 Å². The van der Waals surface area contributed by atoms with E-state index >= 15 is 0 Å². The zero-order chi connectivity index (χ0) is 24.0. The summed E-state index contributed by atoms with van der Waals surface area (Å²) in [5.74, 6) is -2.92. The topological polar surface area (TPSA) is 146 Å². The van der Waals surface area contributed by atoms with Gasteiger partial charge in [-0.3, -0.25) is 24.8 Å². The molecule has 34 heavy (non-hydrogen) atoms. The Morgan fingerprint density at radius 3 is 2.59 bits per heavy atom. The van der Waals surface area contributed by atoms with Gasteiger partial charge in [-0.2, -0.15) is 5.10 Å². The molecular weight excluding hydrogens is 440 g/mol. The summed E-state index contributed by atoms with van der Waals surface area (Å²) in [4.78, 5) is 49.4. The number of nitro benzene ring substituents is 1. The molecule has 2 heterocycles. The summed E-state index contributed by atoms with van der Waals surface area (Å²) >= 11 is 0. The van der Waals surface area contributed by atoms with Gasteiger partial charge in [0.2, 0.25) is 0 Å². The first-order valence-electron chi connectivity index (χ1n) is 10.0. The number of carboxylic acids is 1. The number of nitro groups is 1.